The average Bonchev–Trinajstić information content (AvgIpc) is 2.58. The van der Waals surface area contributed by atoms with Crippen LogP contribution in [0.25, 0.3) is 0 Å². The number of rotatable bonds is 2. The normalized spacial score (nSPS) is 28.3. The molecule has 0 spiro atoms. The van der Waals surface area contributed by atoms with Gasteiger partial charge < -0.3 is 25.2 Å². The van der Waals surface area contributed by atoms with Crippen molar-refractivity contribution >= 4 is 12.2 Å². The highest BCUT2D eigenvalue weighted by atomic mass is 16.5. The fourth-order valence-electron chi connectivity index (χ4n) is 1.75. The van der Waals surface area contributed by atoms with Crippen LogP contribution < -0.4 is 10.6 Å². The molecule has 2 amide bonds. The monoisotopic (exact) mass is 232 g/mol. The first-order chi connectivity index (χ1) is 7.56. The van der Waals surface area contributed by atoms with Crippen LogP contribution >= 0.6 is 0 Å². The van der Waals surface area contributed by atoms with E-state index in [2.05, 4.69) is 20.1 Å². The minimum Gasteiger partial charge on any atom is -0.453 e. The molecule has 0 heterocycles. The molecule has 7 heteroatoms. The highest BCUT2D eigenvalue weighted by molar-refractivity contribution is 5.69. The summed E-state index contributed by atoms with van der Waals surface area (Å²) in [5, 5.41) is 14.6. The van der Waals surface area contributed by atoms with Crippen molar-refractivity contribution in [2.45, 2.75) is 31.0 Å². The van der Waals surface area contributed by atoms with Gasteiger partial charge in [-0.3, -0.25) is 0 Å². The zero-order chi connectivity index (χ0) is 12.1. The molecule has 1 saturated carbocycles. The first-order valence-electron chi connectivity index (χ1n) is 4.93. The number of hydrogen-bond donors (Lipinski definition) is 3. The van der Waals surface area contributed by atoms with Crippen molar-refractivity contribution in [1.29, 1.82) is 0 Å². The molecule has 1 aliphatic carbocycles. The highest BCUT2D eigenvalue weighted by Crippen LogP contribution is 2.20. The van der Waals surface area contributed by atoms with Crippen molar-refractivity contribution in [2.24, 2.45) is 0 Å². The van der Waals surface area contributed by atoms with E-state index in [0.29, 0.717) is 12.8 Å². The molecule has 7 nitrogen and oxygen atoms in total. The standard InChI is InChI=1S/C9H16N2O5/c1-15-8(13)10-6-3-5(12)4-7(6)11-9(14)16-2/h5-7,12H,3-4H2,1-2H3,(H,10,13)(H,11,14)/t5-,6-,7+. The number of methoxy groups -OCH3 is 2. The Balaban J connectivity index is 2.52. The summed E-state index contributed by atoms with van der Waals surface area (Å²) >= 11 is 0. The molecule has 0 aromatic rings. The van der Waals surface area contributed by atoms with Gasteiger partial charge >= 0.3 is 12.2 Å². The Morgan fingerprint density at radius 3 is 1.75 bits per heavy atom. The van der Waals surface area contributed by atoms with Crippen molar-refractivity contribution in [2.75, 3.05) is 14.2 Å². The Kier molecular flexibility index (Phi) is 4.36. The number of alkyl carbamates (subject to hydrolysis) is 2. The van der Waals surface area contributed by atoms with Gasteiger partial charge in [0.1, 0.15) is 0 Å². The predicted molar refractivity (Wildman–Crippen MR) is 53.9 cm³/mol. The van der Waals surface area contributed by atoms with Gasteiger partial charge in [-0.2, -0.15) is 0 Å². The summed E-state index contributed by atoms with van der Waals surface area (Å²) < 4.78 is 8.90. The third kappa shape index (κ3) is 3.27. The fraction of sp³-hybridized carbons (Fsp3) is 0.778. The van der Waals surface area contributed by atoms with Gasteiger partial charge in [-0.25, -0.2) is 9.59 Å². The maximum absolute atomic E-state index is 11.0. The Morgan fingerprint density at radius 2 is 1.44 bits per heavy atom. The van der Waals surface area contributed by atoms with Crippen LogP contribution in [0.3, 0.4) is 0 Å². The van der Waals surface area contributed by atoms with Crippen LogP contribution in [-0.2, 0) is 9.47 Å². The van der Waals surface area contributed by atoms with Crippen LogP contribution in [0.4, 0.5) is 9.59 Å². The van der Waals surface area contributed by atoms with Crippen molar-refractivity contribution in [3.63, 3.8) is 0 Å². The number of ether oxygens (including phenoxy) is 2. The van der Waals surface area contributed by atoms with Crippen LogP contribution in [0, 0.1) is 0 Å². The molecule has 3 atom stereocenters. The fourth-order valence-corrected chi connectivity index (χ4v) is 1.75. The van der Waals surface area contributed by atoms with E-state index in [0.717, 1.165) is 0 Å². The minimum absolute atomic E-state index is 0.346. The lowest BCUT2D eigenvalue weighted by atomic mass is 10.2. The third-order valence-corrected chi connectivity index (χ3v) is 2.52. The predicted octanol–water partition coefficient (Wildman–Crippen LogP) is -0.410. The zero-order valence-corrected chi connectivity index (χ0v) is 9.23. The first-order valence-corrected chi connectivity index (χ1v) is 4.93. The summed E-state index contributed by atoms with van der Waals surface area (Å²) in [6.45, 7) is 0. The van der Waals surface area contributed by atoms with Crippen LogP contribution in [-0.4, -0.2) is 49.7 Å². The van der Waals surface area contributed by atoms with Gasteiger partial charge in [-0.15, -0.1) is 0 Å². The molecule has 0 aromatic carbocycles. The van der Waals surface area contributed by atoms with E-state index >= 15 is 0 Å². The Hall–Kier alpha value is -1.50. The molecular formula is C9H16N2O5. The summed E-state index contributed by atoms with van der Waals surface area (Å²) in [5.74, 6) is 0. The van der Waals surface area contributed by atoms with Crippen LogP contribution in [0.1, 0.15) is 12.8 Å². The molecule has 1 aliphatic rings. The number of nitrogens with one attached hydrogen (secondary N) is 2. The molecule has 0 unspecified atom stereocenters. The van der Waals surface area contributed by atoms with Crippen molar-refractivity contribution < 1.29 is 24.2 Å². The average molecular weight is 232 g/mol. The molecular weight excluding hydrogens is 216 g/mol. The quantitative estimate of drug-likeness (QED) is 0.601. The Bertz CT molecular complexity index is 245. The number of carbonyl (C=O) groups is 2. The van der Waals surface area contributed by atoms with Gasteiger partial charge in [0.2, 0.25) is 0 Å². The SMILES string of the molecule is COC(=O)N[C@H]1C[C@H](O)C[C@H]1NC(=O)OC. The van der Waals surface area contributed by atoms with Gasteiger partial charge in [0, 0.05) is 0 Å². The van der Waals surface area contributed by atoms with Gasteiger partial charge in [-0.1, -0.05) is 0 Å². The lowest BCUT2D eigenvalue weighted by Gasteiger charge is -2.20. The number of aliphatic hydroxyl groups excluding tert-OH is 1. The number of aliphatic hydroxyl groups is 1. The van der Waals surface area contributed by atoms with E-state index in [-0.39, 0.29) is 12.1 Å². The van der Waals surface area contributed by atoms with Gasteiger partial charge in [0.05, 0.1) is 32.4 Å². The van der Waals surface area contributed by atoms with E-state index in [1.165, 1.54) is 14.2 Å². The molecule has 1 rings (SSSR count). The van der Waals surface area contributed by atoms with Crippen LogP contribution in [0.2, 0.25) is 0 Å². The highest BCUT2D eigenvalue weighted by Gasteiger charge is 2.35. The van der Waals surface area contributed by atoms with Crippen molar-refractivity contribution in [3.8, 4) is 0 Å². The second-order valence-electron chi connectivity index (χ2n) is 3.61. The van der Waals surface area contributed by atoms with Crippen molar-refractivity contribution in [1.82, 2.24) is 10.6 Å². The summed E-state index contributed by atoms with van der Waals surface area (Å²) in [4.78, 5) is 22.0. The number of carbonyl (C=O) groups excluding carboxylic acids is 2. The summed E-state index contributed by atoms with van der Waals surface area (Å²) in [6, 6.07) is -0.692. The molecule has 0 saturated heterocycles. The van der Waals surface area contributed by atoms with E-state index < -0.39 is 18.3 Å². The third-order valence-electron chi connectivity index (χ3n) is 2.52. The summed E-state index contributed by atoms with van der Waals surface area (Å²) in [6.07, 6.45) is -0.969. The number of amides is 2. The summed E-state index contributed by atoms with van der Waals surface area (Å²) in [7, 11) is 2.51. The lowest BCUT2D eigenvalue weighted by molar-refractivity contribution is 0.156. The van der Waals surface area contributed by atoms with E-state index in [1.54, 1.807) is 0 Å². The Morgan fingerprint density at radius 1 is 1.06 bits per heavy atom. The van der Waals surface area contributed by atoms with Gasteiger partial charge in [-0.05, 0) is 12.8 Å². The van der Waals surface area contributed by atoms with Crippen LogP contribution in [0.15, 0.2) is 0 Å². The molecule has 92 valence electrons. The molecule has 0 radical (unpaired) electrons. The summed E-state index contributed by atoms with van der Waals surface area (Å²) in [5.41, 5.74) is 0. The van der Waals surface area contributed by atoms with Crippen molar-refractivity contribution in [3.05, 3.63) is 0 Å². The second-order valence-corrected chi connectivity index (χ2v) is 3.61. The molecule has 16 heavy (non-hydrogen) atoms. The topological polar surface area (TPSA) is 96.9 Å². The molecule has 0 bridgehead atoms. The lowest BCUT2D eigenvalue weighted by Crippen LogP contribution is -2.48. The second kappa shape index (κ2) is 5.55. The van der Waals surface area contributed by atoms with Gasteiger partial charge in [0.15, 0.2) is 0 Å². The maximum atomic E-state index is 11.0. The Labute approximate surface area is 93.1 Å². The van der Waals surface area contributed by atoms with E-state index in [9.17, 15) is 14.7 Å². The smallest absolute Gasteiger partial charge is 0.407 e. The minimum atomic E-state index is -0.587. The molecule has 1 fully saturated rings. The van der Waals surface area contributed by atoms with Gasteiger partial charge in [0.25, 0.3) is 0 Å². The van der Waals surface area contributed by atoms with E-state index in [4.69, 9.17) is 0 Å². The van der Waals surface area contributed by atoms with E-state index in [1.807, 2.05) is 0 Å². The zero-order valence-electron chi connectivity index (χ0n) is 9.23. The molecule has 0 aliphatic heterocycles. The molecule has 3 N–H and O–H groups in total. The first kappa shape index (κ1) is 12.6. The largest absolute Gasteiger partial charge is 0.453 e. The van der Waals surface area contributed by atoms with Crippen LogP contribution in [0.5, 0.6) is 0 Å². The maximum Gasteiger partial charge on any atom is 0.407 e. The molecule has 0 aromatic heterocycles. The number of hydrogen-bond acceptors (Lipinski definition) is 5.